The van der Waals surface area contributed by atoms with Crippen LogP contribution in [0.15, 0.2) is 0 Å². The summed E-state index contributed by atoms with van der Waals surface area (Å²) in [5, 5.41) is 13.9. The molecule has 1 aliphatic carbocycles. The Balaban J connectivity index is 2.12. The molecule has 0 aromatic rings. The number of alkyl carbamates (subject to hydrolysis) is 1. The third-order valence-corrected chi connectivity index (χ3v) is 3.34. The zero-order valence-corrected chi connectivity index (χ0v) is 11.0. The Hall–Kier alpha value is -1.63. The lowest BCUT2D eigenvalue weighted by molar-refractivity contribution is -0.143. The van der Waals surface area contributed by atoms with Gasteiger partial charge in [-0.2, -0.15) is 0 Å². The number of carboxylic acids is 1. The molecular weight excluding hydrogens is 252 g/mol. The third kappa shape index (κ3) is 5.69. The summed E-state index contributed by atoms with van der Waals surface area (Å²) < 4.78 is 4.30. The lowest BCUT2D eigenvalue weighted by atomic mass is 9.82. The number of amides is 2. The van der Waals surface area contributed by atoms with E-state index in [0.717, 1.165) is 12.8 Å². The minimum absolute atomic E-state index is 0.0496. The van der Waals surface area contributed by atoms with Gasteiger partial charge in [0.15, 0.2) is 0 Å². The van der Waals surface area contributed by atoms with Crippen molar-refractivity contribution in [1.29, 1.82) is 0 Å². The minimum Gasteiger partial charge on any atom is -0.481 e. The van der Waals surface area contributed by atoms with Gasteiger partial charge in [-0.3, -0.25) is 14.9 Å². The third-order valence-electron chi connectivity index (χ3n) is 3.34. The zero-order valence-electron chi connectivity index (χ0n) is 11.0. The van der Waals surface area contributed by atoms with Crippen molar-refractivity contribution in [3.8, 4) is 0 Å². The Kier molecular flexibility index (Phi) is 6.27. The van der Waals surface area contributed by atoms with E-state index in [2.05, 4.69) is 10.1 Å². The van der Waals surface area contributed by atoms with Crippen LogP contribution in [0.3, 0.4) is 0 Å². The highest BCUT2D eigenvalue weighted by molar-refractivity contribution is 5.92. The lowest BCUT2D eigenvalue weighted by Gasteiger charge is -2.26. The minimum atomic E-state index is -0.770. The van der Waals surface area contributed by atoms with Gasteiger partial charge in [0.1, 0.15) is 0 Å². The number of nitrogens with one attached hydrogen (secondary N) is 2. The average Bonchev–Trinajstić information content (AvgIpc) is 2.39. The van der Waals surface area contributed by atoms with E-state index < -0.39 is 18.0 Å². The number of ether oxygens (including phenoxy) is 1. The van der Waals surface area contributed by atoms with Gasteiger partial charge in [0.2, 0.25) is 5.91 Å². The van der Waals surface area contributed by atoms with E-state index >= 15 is 0 Å². The first kappa shape index (κ1) is 15.4. The van der Waals surface area contributed by atoms with E-state index in [4.69, 9.17) is 5.11 Å². The van der Waals surface area contributed by atoms with Gasteiger partial charge in [0, 0.05) is 0 Å². The van der Waals surface area contributed by atoms with Crippen LogP contribution in [0.4, 0.5) is 4.79 Å². The Morgan fingerprint density at radius 3 is 2.37 bits per heavy atom. The Morgan fingerprint density at radius 1 is 1.21 bits per heavy atom. The number of carbonyl (C=O) groups is 3. The molecule has 1 rings (SSSR count). The van der Waals surface area contributed by atoms with Crippen LogP contribution in [0.25, 0.3) is 0 Å². The molecule has 0 bridgehead atoms. The molecule has 0 aromatic heterocycles. The number of rotatable bonds is 5. The molecule has 0 aromatic carbocycles. The van der Waals surface area contributed by atoms with Gasteiger partial charge in [-0.25, -0.2) is 4.79 Å². The summed E-state index contributed by atoms with van der Waals surface area (Å²) in [6, 6.07) is 0. The largest absolute Gasteiger partial charge is 0.481 e. The van der Waals surface area contributed by atoms with Crippen molar-refractivity contribution in [2.45, 2.75) is 25.7 Å². The first-order valence-corrected chi connectivity index (χ1v) is 6.34. The van der Waals surface area contributed by atoms with Crippen molar-refractivity contribution in [3.05, 3.63) is 0 Å². The van der Waals surface area contributed by atoms with Crippen molar-refractivity contribution in [3.63, 3.8) is 0 Å². The van der Waals surface area contributed by atoms with Gasteiger partial charge >= 0.3 is 12.1 Å². The Morgan fingerprint density at radius 2 is 1.84 bits per heavy atom. The summed E-state index contributed by atoms with van der Waals surface area (Å²) in [7, 11) is 1.19. The highest BCUT2D eigenvalue weighted by atomic mass is 16.5. The number of carboxylic acid groups (broad SMARTS) is 1. The van der Waals surface area contributed by atoms with Crippen LogP contribution in [0.1, 0.15) is 25.7 Å². The van der Waals surface area contributed by atoms with E-state index in [1.165, 1.54) is 7.11 Å². The summed E-state index contributed by atoms with van der Waals surface area (Å²) in [5.41, 5.74) is 0. The number of carbonyl (C=O) groups excluding carboxylic acids is 2. The molecular formula is C12H20N2O5. The fourth-order valence-corrected chi connectivity index (χ4v) is 2.21. The van der Waals surface area contributed by atoms with E-state index in [0.29, 0.717) is 25.3 Å². The first-order chi connectivity index (χ1) is 9.02. The lowest BCUT2D eigenvalue weighted by Crippen LogP contribution is -2.39. The van der Waals surface area contributed by atoms with Crippen LogP contribution < -0.4 is 10.6 Å². The van der Waals surface area contributed by atoms with Gasteiger partial charge < -0.3 is 15.2 Å². The molecule has 0 unspecified atom stereocenters. The Bertz CT molecular complexity index is 337. The number of hydrogen-bond donors (Lipinski definition) is 3. The molecule has 19 heavy (non-hydrogen) atoms. The van der Waals surface area contributed by atoms with Crippen molar-refractivity contribution in [2.24, 2.45) is 11.8 Å². The monoisotopic (exact) mass is 272 g/mol. The van der Waals surface area contributed by atoms with Crippen LogP contribution in [-0.4, -0.2) is 43.3 Å². The summed E-state index contributed by atoms with van der Waals surface area (Å²) in [5.74, 6) is -0.990. The summed E-state index contributed by atoms with van der Waals surface area (Å²) >= 11 is 0. The number of aliphatic carboxylic acids is 1. The molecule has 2 amide bonds. The van der Waals surface area contributed by atoms with Gasteiger partial charge in [0.05, 0.1) is 19.6 Å². The molecule has 0 aliphatic heterocycles. The van der Waals surface area contributed by atoms with Crippen LogP contribution in [0, 0.1) is 11.8 Å². The van der Waals surface area contributed by atoms with Crippen molar-refractivity contribution < 1.29 is 24.2 Å². The predicted octanol–water partition coefficient (Wildman–Crippen LogP) is 0.350. The summed E-state index contributed by atoms with van der Waals surface area (Å²) in [6.07, 6.45) is 2.31. The smallest absolute Gasteiger partial charge is 0.413 e. The van der Waals surface area contributed by atoms with Crippen molar-refractivity contribution in [2.75, 3.05) is 20.2 Å². The van der Waals surface area contributed by atoms with E-state index in [1.54, 1.807) is 0 Å². The maximum absolute atomic E-state index is 11.2. The molecule has 1 aliphatic rings. The highest BCUT2D eigenvalue weighted by Crippen LogP contribution is 2.28. The second kappa shape index (κ2) is 7.73. The van der Waals surface area contributed by atoms with Crippen LogP contribution >= 0.6 is 0 Å². The Labute approximate surface area is 111 Å². The molecule has 7 nitrogen and oxygen atoms in total. The van der Waals surface area contributed by atoms with Gasteiger partial charge in [-0.05, 0) is 38.1 Å². The normalized spacial score (nSPS) is 22.6. The first-order valence-electron chi connectivity index (χ1n) is 6.34. The van der Waals surface area contributed by atoms with Crippen LogP contribution in [0.5, 0.6) is 0 Å². The van der Waals surface area contributed by atoms with Crippen molar-refractivity contribution >= 4 is 18.0 Å². The molecule has 0 radical (unpaired) electrons. The SMILES string of the molecule is COC(=O)NC(=O)CNCC1CCC(C(=O)O)CC1. The van der Waals surface area contributed by atoms with Gasteiger partial charge in [-0.1, -0.05) is 0 Å². The predicted molar refractivity (Wildman–Crippen MR) is 66.5 cm³/mol. The molecule has 1 fully saturated rings. The standard InChI is InChI=1S/C12H20N2O5/c1-19-12(18)14-10(15)7-13-6-8-2-4-9(5-3-8)11(16)17/h8-9,13H,2-7H2,1H3,(H,16,17)(H,14,15,18). The zero-order chi connectivity index (χ0) is 14.3. The number of hydrogen-bond acceptors (Lipinski definition) is 5. The number of imide groups is 1. The van der Waals surface area contributed by atoms with Gasteiger partial charge in [-0.15, -0.1) is 0 Å². The van der Waals surface area contributed by atoms with E-state index in [9.17, 15) is 14.4 Å². The van der Waals surface area contributed by atoms with Gasteiger partial charge in [0.25, 0.3) is 0 Å². The second-order valence-electron chi connectivity index (χ2n) is 4.73. The summed E-state index contributed by atoms with van der Waals surface area (Å²) in [4.78, 5) is 32.8. The van der Waals surface area contributed by atoms with Crippen molar-refractivity contribution in [1.82, 2.24) is 10.6 Å². The van der Waals surface area contributed by atoms with Crippen LogP contribution in [-0.2, 0) is 14.3 Å². The maximum Gasteiger partial charge on any atom is 0.413 e. The summed E-state index contributed by atoms with van der Waals surface area (Å²) in [6.45, 7) is 0.703. The average molecular weight is 272 g/mol. The molecule has 108 valence electrons. The molecule has 3 N–H and O–H groups in total. The molecule has 0 atom stereocenters. The van der Waals surface area contributed by atoms with E-state index in [-0.39, 0.29) is 12.5 Å². The van der Waals surface area contributed by atoms with Crippen LogP contribution in [0.2, 0.25) is 0 Å². The fourth-order valence-electron chi connectivity index (χ4n) is 2.21. The molecule has 1 saturated carbocycles. The number of methoxy groups -OCH3 is 1. The quantitative estimate of drug-likeness (QED) is 0.667. The van der Waals surface area contributed by atoms with E-state index in [1.807, 2.05) is 5.32 Å². The fraction of sp³-hybridized carbons (Fsp3) is 0.750. The highest BCUT2D eigenvalue weighted by Gasteiger charge is 2.25. The topological polar surface area (TPSA) is 105 Å². The molecule has 0 spiro atoms. The molecule has 7 heteroatoms. The molecule has 0 heterocycles. The second-order valence-corrected chi connectivity index (χ2v) is 4.73. The molecule has 0 saturated heterocycles. The maximum atomic E-state index is 11.2.